The first-order valence-corrected chi connectivity index (χ1v) is 7.73. The van der Waals surface area contributed by atoms with Crippen molar-refractivity contribution in [3.8, 4) is 0 Å². The zero-order valence-corrected chi connectivity index (χ0v) is 13.1. The van der Waals surface area contributed by atoms with Crippen molar-refractivity contribution in [3.05, 3.63) is 0 Å². The van der Waals surface area contributed by atoms with E-state index in [1.165, 1.54) is 52.1 Å². The average Bonchev–Trinajstić information content (AvgIpc) is 2.40. The SMILES string of the molecule is CC.CC.CCN1CCC2(CC1)CN(CC)C2. The van der Waals surface area contributed by atoms with E-state index in [9.17, 15) is 0 Å². The highest BCUT2D eigenvalue weighted by molar-refractivity contribution is 4.97. The predicted molar refractivity (Wildman–Crippen MR) is 78.6 cm³/mol. The quantitative estimate of drug-likeness (QED) is 0.731. The van der Waals surface area contributed by atoms with Gasteiger partial charge in [-0.25, -0.2) is 0 Å². The molecular weight excluding hydrogens is 208 g/mol. The summed E-state index contributed by atoms with van der Waals surface area (Å²) in [6.45, 7) is 20.5. The number of hydrogen-bond acceptors (Lipinski definition) is 2. The molecule has 2 aliphatic heterocycles. The Morgan fingerprint density at radius 2 is 1.18 bits per heavy atom. The third-order valence-electron chi connectivity index (χ3n) is 3.93. The van der Waals surface area contributed by atoms with Crippen molar-refractivity contribution in [2.24, 2.45) is 5.41 Å². The summed E-state index contributed by atoms with van der Waals surface area (Å²) in [6.07, 6.45) is 2.88. The minimum Gasteiger partial charge on any atom is -0.304 e. The van der Waals surface area contributed by atoms with Crippen molar-refractivity contribution in [2.45, 2.75) is 54.4 Å². The van der Waals surface area contributed by atoms with E-state index < -0.39 is 0 Å². The van der Waals surface area contributed by atoms with Gasteiger partial charge < -0.3 is 9.80 Å². The Morgan fingerprint density at radius 3 is 1.53 bits per heavy atom. The van der Waals surface area contributed by atoms with E-state index in [4.69, 9.17) is 0 Å². The summed E-state index contributed by atoms with van der Waals surface area (Å²) in [6, 6.07) is 0. The van der Waals surface area contributed by atoms with Gasteiger partial charge in [0.15, 0.2) is 0 Å². The lowest BCUT2D eigenvalue weighted by Crippen LogP contribution is -2.59. The van der Waals surface area contributed by atoms with Gasteiger partial charge in [0.1, 0.15) is 0 Å². The fourth-order valence-corrected chi connectivity index (χ4v) is 2.79. The summed E-state index contributed by atoms with van der Waals surface area (Å²) in [4.78, 5) is 5.15. The van der Waals surface area contributed by atoms with Crippen LogP contribution in [0.3, 0.4) is 0 Å². The minimum absolute atomic E-state index is 0.738. The molecule has 0 unspecified atom stereocenters. The Hall–Kier alpha value is -0.0800. The lowest BCUT2D eigenvalue weighted by atomic mass is 9.72. The number of piperidine rings is 1. The van der Waals surface area contributed by atoms with Gasteiger partial charge >= 0.3 is 0 Å². The molecular formula is C15H34N2. The summed E-state index contributed by atoms with van der Waals surface area (Å²) < 4.78 is 0. The summed E-state index contributed by atoms with van der Waals surface area (Å²) in [7, 11) is 0. The zero-order valence-electron chi connectivity index (χ0n) is 13.1. The number of rotatable bonds is 2. The molecule has 2 heteroatoms. The number of hydrogen-bond donors (Lipinski definition) is 0. The van der Waals surface area contributed by atoms with Gasteiger partial charge in [-0.2, -0.15) is 0 Å². The normalized spacial score (nSPS) is 22.9. The largest absolute Gasteiger partial charge is 0.304 e. The molecule has 104 valence electrons. The van der Waals surface area contributed by atoms with Gasteiger partial charge in [-0.15, -0.1) is 0 Å². The molecule has 2 fully saturated rings. The fraction of sp³-hybridized carbons (Fsp3) is 1.00. The summed E-state index contributed by atoms with van der Waals surface area (Å²) >= 11 is 0. The van der Waals surface area contributed by atoms with E-state index in [0.717, 1.165) is 5.41 Å². The third-order valence-corrected chi connectivity index (χ3v) is 3.93. The second kappa shape index (κ2) is 8.93. The summed E-state index contributed by atoms with van der Waals surface area (Å²) in [5, 5.41) is 0. The smallest absolute Gasteiger partial charge is 0.00513 e. The highest BCUT2D eigenvalue weighted by Crippen LogP contribution is 2.39. The monoisotopic (exact) mass is 242 g/mol. The van der Waals surface area contributed by atoms with Crippen LogP contribution in [0, 0.1) is 5.41 Å². The molecule has 2 nitrogen and oxygen atoms in total. The van der Waals surface area contributed by atoms with Crippen LogP contribution in [-0.2, 0) is 0 Å². The molecule has 2 aliphatic rings. The fourth-order valence-electron chi connectivity index (χ4n) is 2.79. The zero-order chi connectivity index (χ0) is 13.3. The molecule has 0 N–H and O–H groups in total. The number of likely N-dealkylation sites (tertiary alicyclic amines) is 2. The van der Waals surface area contributed by atoms with Gasteiger partial charge in [0.05, 0.1) is 0 Å². The Balaban J connectivity index is 0.000000581. The second-order valence-corrected chi connectivity index (χ2v) is 4.74. The van der Waals surface area contributed by atoms with Gasteiger partial charge in [0, 0.05) is 13.1 Å². The first kappa shape index (κ1) is 16.9. The Kier molecular flexibility index (Phi) is 8.89. The summed E-state index contributed by atoms with van der Waals surface area (Å²) in [5.41, 5.74) is 0.738. The summed E-state index contributed by atoms with van der Waals surface area (Å²) in [5.74, 6) is 0. The Morgan fingerprint density at radius 1 is 0.765 bits per heavy atom. The van der Waals surface area contributed by atoms with Crippen LogP contribution in [0.15, 0.2) is 0 Å². The van der Waals surface area contributed by atoms with Gasteiger partial charge in [-0.1, -0.05) is 41.5 Å². The van der Waals surface area contributed by atoms with Crippen molar-refractivity contribution in [1.29, 1.82) is 0 Å². The molecule has 0 saturated carbocycles. The lowest BCUT2D eigenvalue weighted by Gasteiger charge is -2.54. The molecule has 2 heterocycles. The van der Waals surface area contributed by atoms with Crippen LogP contribution in [0.2, 0.25) is 0 Å². The van der Waals surface area contributed by atoms with Crippen LogP contribution >= 0.6 is 0 Å². The van der Waals surface area contributed by atoms with E-state index in [2.05, 4.69) is 23.6 Å². The number of nitrogens with zero attached hydrogens (tertiary/aromatic N) is 2. The van der Waals surface area contributed by atoms with Crippen LogP contribution in [0.1, 0.15) is 54.4 Å². The Bertz CT molecular complexity index is 164. The lowest BCUT2D eigenvalue weighted by molar-refractivity contribution is -0.0424. The van der Waals surface area contributed by atoms with Crippen molar-refractivity contribution in [3.63, 3.8) is 0 Å². The molecule has 0 amide bonds. The molecule has 2 rings (SSSR count). The van der Waals surface area contributed by atoms with Gasteiger partial charge in [0.25, 0.3) is 0 Å². The Labute approximate surface area is 109 Å². The third kappa shape index (κ3) is 4.59. The molecule has 1 spiro atoms. The maximum absolute atomic E-state index is 2.58. The maximum Gasteiger partial charge on any atom is 0.00513 e. The molecule has 0 aromatic rings. The molecule has 0 bridgehead atoms. The predicted octanol–water partition coefficient (Wildman–Crippen LogP) is 3.48. The maximum atomic E-state index is 2.58. The molecule has 0 atom stereocenters. The first-order chi connectivity index (χ1) is 8.28. The van der Waals surface area contributed by atoms with Gasteiger partial charge in [0.2, 0.25) is 0 Å². The highest BCUT2D eigenvalue weighted by Gasteiger charge is 2.43. The molecule has 0 radical (unpaired) electrons. The molecule has 0 aromatic carbocycles. The standard InChI is InChI=1S/C11H22N2.2C2H6/c1-3-12-7-5-11(6-8-12)9-13(4-2)10-11;2*1-2/h3-10H2,1-2H3;2*1-2H3. The van der Waals surface area contributed by atoms with Crippen LogP contribution in [0.25, 0.3) is 0 Å². The van der Waals surface area contributed by atoms with Gasteiger partial charge in [-0.05, 0) is 44.4 Å². The van der Waals surface area contributed by atoms with Crippen molar-refractivity contribution >= 4 is 0 Å². The van der Waals surface area contributed by atoms with Crippen LogP contribution in [0.5, 0.6) is 0 Å². The highest BCUT2D eigenvalue weighted by atomic mass is 15.2. The van der Waals surface area contributed by atoms with E-state index in [-0.39, 0.29) is 0 Å². The molecule has 17 heavy (non-hydrogen) atoms. The van der Waals surface area contributed by atoms with Crippen molar-refractivity contribution < 1.29 is 0 Å². The van der Waals surface area contributed by atoms with E-state index >= 15 is 0 Å². The minimum atomic E-state index is 0.738. The van der Waals surface area contributed by atoms with Crippen molar-refractivity contribution in [2.75, 3.05) is 39.3 Å². The topological polar surface area (TPSA) is 6.48 Å². The van der Waals surface area contributed by atoms with Crippen LogP contribution in [-0.4, -0.2) is 49.1 Å². The van der Waals surface area contributed by atoms with Crippen molar-refractivity contribution in [1.82, 2.24) is 9.80 Å². The van der Waals surface area contributed by atoms with Gasteiger partial charge in [-0.3, -0.25) is 0 Å². The van der Waals surface area contributed by atoms with E-state index in [0.29, 0.717) is 0 Å². The molecule has 0 aromatic heterocycles. The molecule has 2 saturated heterocycles. The molecule has 0 aliphatic carbocycles. The first-order valence-electron chi connectivity index (χ1n) is 7.73. The van der Waals surface area contributed by atoms with E-state index in [1.807, 2.05) is 27.7 Å². The van der Waals surface area contributed by atoms with E-state index in [1.54, 1.807) is 0 Å². The second-order valence-electron chi connectivity index (χ2n) is 4.74. The van der Waals surface area contributed by atoms with Crippen LogP contribution in [0.4, 0.5) is 0 Å². The average molecular weight is 242 g/mol. The van der Waals surface area contributed by atoms with Crippen LogP contribution < -0.4 is 0 Å².